The molecule has 0 aliphatic heterocycles. The fraction of sp³-hybridized carbons (Fsp3) is 0.500. The molecule has 94 valence electrons. The summed E-state index contributed by atoms with van der Waals surface area (Å²) in [6, 6.07) is 7.96. The van der Waals surface area contributed by atoms with Crippen molar-refractivity contribution in [1.82, 2.24) is 4.90 Å². The van der Waals surface area contributed by atoms with E-state index in [0.29, 0.717) is 5.84 Å². The zero-order valence-electron chi connectivity index (χ0n) is 11.4. The van der Waals surface area contributed by atoms with Crippen LogP contribution < -0.4 is 4.74 Å². The summed E-state index contributed by atoms with van der Waals surface area (Å²) in [6.45, 7) is 6.89. The Morgan fingerprint density at radius 2 is 2.00 bits per heavy atom. The van der Waals surface area contributed by atoms with Crippen LogP contribution in [0.2, 0.25) is 0 Å². The Labute approximate surface area is 104 Å². The fourth-order valence-electron chi connectivity index (χ4n) is 1.70. The first-order chi connectivity index (χ1) is 7.84. The molecule has 1 N–H and O–H groups in total. The molecule has 1 rings (SSSR count). The maximum atomic E-state index is 8.09. The summed E-state index contributed by atoms with van der Waals surface area (Å²) in [6.07, 6.45) is 0. The van der Waals surface area contributed by atoms with Crippen molar-refractivity contribution in [3.8, 4) is 5.75 Å². The maximum Gasteiger partial charge on any atom is 0.119 e. The molecule has 3 heteroatoms. The summed E-state index contributed by atoms with van der Waals surface area (Å²) in [5.41, 5.74) is 1.04. The van der Waals surface area contributed by atoms with Crippen LogP contribution in [-0.4, -0.2) is 24.9 Å². The van der Waals surface area contributed by atoms with Gasteiger partial charge in [-0.05, 0) is 17.7 Å². The molecule has 0 saturated carbocycles. The fourth-order valence-corrected chi connectivity index (χ4v) is 1.70. The van der Waals surface area contributed by atoms with E-state index in [2.05, 4.69) is 26.8 Å². The van der Waals surface area contributed by atoms with Crippen LogP contribution in [0.5, 0.6) is 5.75 Å². The van der Waals surface area contributed by atoms with Crippen LogP contribution in [0.25, 0.3) is 0 Å². The molecule has 1 aromatic carbocycles. The first-order valence-electron chi connectivity index (χ1n) is 5.77. The summed E-state index contributed by atoms with van der Waals surface area (Å²) in [7, 11) is 3.62. The number of nitrogens with zero attached hydrogens (tertiary/aromatic N) is 1. The molecule has 3 nitrogen and oxygen atoms in total. The third kappa shape index (κ3) is 3.77. The van der Waals surface area contributed by atoms with E-state index in [1.165, 1.54) is 0 Å². The number of nitrogens with one attached hydrogen (secondary N) is 1. The molecule has 0 aliphatic rings. The van der Waals surface area contributed by atoms with Gasteiger partial charge in [0.2, 0.25) is 0 Å². The van der Waals surface area contributed by atoms with Gasteiger partial charge in [0.1, 0.15) is 11.6 Å². The first-order valence-corrected chi connectivity index (χ1v) is 5.77. The zero-order chi connectivity index (χ0) is 13.1. The van der Waals surface area contributed by atoms with Crippen molar-refractivity contribution >= 4 is 5.84 Å². The van der Waals surface area contributed by atoms with E-state index < -0.39 is 0 Å². The second-order valence-electron chi connectivity index (χ2n) is 5.31. The molecule has 0 spiro atoms. The summed E-state index contributed by atoms with van der Waals surface area (Å²) >= 11 is 0. The molecule has 0 bridgehead atoms. The second-order valence-corrected chi connectivity index (χ2v) is 5.31. The van der Waals surface area contributed by atoms with E-state index in [4.69, 9.17) is 10.1 Å². The highest BCUT2D eigenvalue weighted by atomic mass is 16.5. The van der Waals surface area contributed by atoms with Gasteiger partial charge in [0.15, 0.2) is 0 Å². The van der Waals surface area contributed by atoms with Crippen molar-refractivity contribution in [2.45, 2.75) is 27.3 Å². The Morgan fingerprint density at radius 3 is 2.53 bits per heavy atom. The van der Waals surface area contributed by atoms with Crippen LogP contribution in [0, 0.1) is 10.8 Å². The van der Waals surface area contributed by atoms with Gasteiger partial charge < -0.3 is 9.64 Å². The number of methoxy groups -OCH3 is 1. The highest BCUT2D eigenvalue weighted by Crippen LogP contribution is 2.19. The van der Waals surface area contributed by atoms with Crippen LogP contribution in [0.3, 0.4) is 0 Å². The number of rotatable bonds is 3. The minimum absolute atomic E-state index is 0.117. The molecule has 1 aromatic rings. The molecule has 0 heterocycles. The Balaban J connectivity index is 2.74. The van der Waals surface area contributed by atoms with Gasteiger partial charge in [0, 0.05) is 19.0 Å². The van der Waals surface area contributed by atoms with E-state index in [1.54, 1.807) is 7.11 Å². The molecule has 0 radical (unpaired) electrons. The SMILES string of the molecule is COc1cccc(CN(C)C(=N)C(C)(C)C)c1. The van der Waals surface area contributed by atoms with Crippen molar-refractivity contribution in [2.75, 3.05) is 14.2 Å². The second kappa shape index (κ2) is 5.21. The minimum Gasteiger partial charge on any atom is -0.497 e. The summed E-state index contributed by atoms with van der Waals surface area (Å²) in [4.78, 5) is 1.97. The van der Waals surface area contributed by atoms with Crippen molar-refractivity contribution in [1.29, 1.82) is 5.41 Å². The van der Waals surface area contributed by atoms with Crippen LogP contribution in [0.1, 0.15) is 26.3 Å². The van der Waals surface area contributed by atoms with Gasteiger partial charge in [-0.1, -0.05) is 32.9 Å². The number of hydrogen-bond acceptors (Lipinski definition) is 2. The van der Waals surface area contributed by atoms with Gasteiger partial charge in [-0.3, -0.25) is 5.41 Å². The molecule has 0 aliphatic carbocycles. The van der Waals surface area contributed by atoms with Crippen molar-refractivity contribution in [3.05, 3.63) is 29.8 Å². The van der Waals surface area contributed by atoms with Gasteiger partial charge >= 0.3 is 0 Å². The lowest BCUT2D eigenvalue weighted by Gasteiger charge is -2.29. The van der Waals surface area contributed by atoms with Gasteiger partial charge in [-0.2, -0.15) is 0 Å². The summed E-state index contributed by atoms with van der Waals surface area (Å²) in [5, 5.41) is 8.09. The number of benzene rings is 1. The topological polar surface area (TPSA) is 36.3 Å². The Hall–Kier alpha value is -1.51. The lowest BCUT2D eigenvalue weighted by atomic mass is 9.94. The van der Waals surface area contributed by atoms with E-state index in [1.807, 2.05) is 30.1 Å². The lowest BCUT2D eigenvalue weighted by molar-refractivity contribution is 0.406. The van der Waals surface area contributed by atoms with Gasteiger partial charge in [-0.25, -0.2) is 0 Å². The number of hydrogen-bond donors (Lipinski definition) is 1. The highest BCUT2D eigenvalue weighted by molar-refractivity contribution is 5.84. The maximum absolute atomic E-state index is 8.09. The molecule has 0 amide bonds. The first kappa shape index (κ1) is 13.6. The average molecular weight is 234 g/mol. The Morgan fingerprint density at radius 1 is 1.35 bits per heavy atom. The van der Waals surface area contributed by atoms with Gasteiger partial charge in [0.05, 0.1) is 7.11 Å². The third-order valence-corrected chi connectivity index (χ3v) is 2.65. The molecular weight excluding hydrogens is 212 g/mol. The van der Waals surface area contributed by atoms with E-state index in [9.17, 15) is 0 Å². The van der Waals surface area contributed by atoms with Crippen LogP contribution in [0.15, 0.2) is 24.3 Å². The highest BCUT2D eigenvalue weighted by Gasteiger charge is 2.20. The lowest BCUT2D eigenvalue weighted by Crippen LogP contribution is -2.35. The molecule has 0 atom stereocenters. The smallest absolute Gasteiger partial charge is 0.119 e. The molecule has 0 unspecified atom stereocenters. The number of ether oxygens (including phenoxy) is 1. The van der Waals surface area contributed by atoms with E-state index in [-0.39, 0.29) is 5.41 Å². The van der Waals surface area contributed by atoms with Crippen LogP contribution in [-0.2, 0) is 6.54 Å². The van der Waals surface area contributed by atoms with Crippen molar-refractivity contribution in [2.24, 2.45) is 5.41 Å². The normalized spacial score (nSPS) is 11.1. The van der Waals surface area contributed by atoms with E-state index >= 15 is 0 Å². The molecule has 0 aromatic heterocycles. The summed E-state index contributed by atoms with van der Waals surface area (Å²) < 4.78 is 5.19. The van der Waals surface area contributed by atoms with Gasteiger partial charge in [-0.15, -0.1) is 0 Å². The van der Waals surface area contributed by atoms with E-state index in [0.717, 1.165) is 17.9 Å². The van der Waals surface area contributed by atoms with Crippen molar-refractivity contribution in [3.63, 3.8) is 0 Å². The third-order valence-electron chi connectivity index (χ3n) is 2.65. The van der Waals surface area contributed by atoms with Crippen LogP contribution in [0.4, 0.5) is 0 Å². The number of amidine groups is 1. The molecule has 0 saturated heterocycles. The Bertz CT molecular complexity index is 393. The minimum atomic E-state index is -0.117. The average Bonchev–Trinajstić information content (AvgIpc) is 2.27. The largest absolute Gasteiger partial charge is 0.497 e. The Kier molecular flexibility index (Phi) is 4.16. The monoisotopic (exact) mass is 234 g/mol. The molecular formula is C14H22N2O. The predicted molar refractivity (Wildman–Crippen MR) is 71.6 cm³/mol. The van der Waals surface area contributed by atoms with Crippen molar-refractivity contribution < 1.29 is 4.74 Å². The zero-order valence-corrected chi connectivity index (χ0v) is 11.4. The molecule has 17 heavy (non-hydrogen) atoms. The predicted octanol–water partition coefficient (Wildman–Crippen LogP) is 3.15. The van der Waals surface area contributed by atoms with Gasteiger partial charge in [0.25, 0.3) is 0 Å². The standard InChI is InChI=1S/C14H22N2O/c1-14(2,3)13(15)16(4)10-11-7-6-8-12(9-11)17-5/h6-9,15H,10H2,1-5H3. The molecule has 0 fully saturated rings. The van der Waals surface area contributed by atoms with Crippen LogP contribution >= 0.6 is 0 Å². The summed E-state index contributed by atoms with van der Waals surface area (Å²) in [5.74, 6) is 1.50. The quantitative estimate of drug-likeness (QED) is 0.644.